The van der Waals surface area contributed by atoms with Gasteiger partial charge < -0.3 is 24.2 Å². The third kappa shape index (κ3) is 6.30. The van der Waals surface area contributed by atoms with E-state index in [9.17, 15) is 27.6 Å². The summed E-state index contributed by atoms with van der Waals surface area (Å²) in [4.78, 5) is 47.7. The summed E-state index contributed by atoms with van der Waals surface area (Å²) in [6.07, 6.45) is -4.52. The Morgan fingerprint density at radius 2 is 1.69 bits per heavy atom. The van der Waals surface area contributed by atoms with Crippen LogP contribution in [0.3, 0.4) is 0 Å². The number of carbonyl (C=O) groups is 3. The summed E-state index contributed by atoms with van der Waals surface area (Å²) >= 11 is 1.28. The summed E-state index contributed by atoms with van der Waals surface area (Å²) in [6, 6.07) is 3.75. The number of halogens is 3. The van der Waals surface area contributed by atoms with Gasteiger partial charge in [0.15, 0.2) is 5.17 Å². The number of benzene rings is 1. The number of carbonyl (C=O) groups excluding carboxylic acids is 3. The van der Waals surface area contributed by atoms with E-state index in [1.807, 2.05) is 0 Å². The first-order chi connectivity index (χ1) is 18.5. The highest BCUT2D eigenvalue weighted by Gasteiger charge is 2.42. The molecule has 210 valence electrons. The molecule has 1 aromatic rings. The Morgan fingerprint density at radius 3 is 2.28 bits per heavy atom. The van der Waals surface area contributed by atoms with Crippen LogP contribution in [0.4, 0.5) is 13.2 Å². The molecule has 0 bridgehead atoms. The van der Waals surface area contributed by atoms with Gasteiger partial charge in [-0.15, -0.1) is 0 Å². The van der Waals surface area contributed by atoms with Crippen LogP contribution in [-0.2, 0) is 30.0 Å². The molecule has 13 heteroatoms. The van der Waals surface area contributed by atoms with E-state index in [1.54, 1.807) is 27.0 Å². The Morgan fingerprint density at radius 1 is 1.05 bits per heavy atom. The zero-order valence-corrected chi connectivity index (χ0v) is 22.6. The number of rotatable bonds is 7. The van der Waals surface area contributed by atoms with Crippen LogP contribution in [0.1, 0.15) is 37.4 Å². The van der Waals surface area contributed by atoms with Gasteiger partial charge in [-0.1, -0.05) is 23.9 Å². The predicted octanol–water partition coefficient (Wildman–Crippen LogP) is 3.55. The number of fused-ring (bicyclic) bond motifs is 1. The zero-order valence-electron chi connectivity index (χ0n) is 21.8. The van der Waals surface area contributed by atoms with E-state index in [-0.39, 0.29) is 37.0 Å². The van der Waals surface area contributed by atoms with Crippen molar-refractivity contribution in [3.63, 3.8) is 0 Å². The van der Waals surface area contributed by atoms with E-state index in [2.05, 4.69) is 4.99 Å². The lowest BCUT2D eigenvalue weighted by atomic mass is 9.93. The second kappa shape index (κ2) is 11.8. The lowest BCUT2D eigenvalue weighted by molar-refractivity contribution is -0.141. The molecule has 3 aliphatic rings. The number of methoxy groups -OCH3 is 1. The minimum Gasteiger partial charge on any atom is -0.460 e. The third-order valence-electron chi connectivity index (χ3n) is 6.70. The van der Waals surface area contributed by atoms with Crippen LogP contribution in [0.15, 0.2) is 51.6 Å². The molecule has 2 amide bonds. The Balaban J connectivity index is 1.63. The summed E-state index contributed by atoms with van der Waals surface area (Å²) in [6.45, 7) is 4.99. The molecule has 1 aromatic carbocycles. The number of amides is 2. The highest BCUT2D eigenvalue weighted by Crippen LogP contribution is 2.45. The Hall–Kier alpha value is -3.32. The number of esters is 1. The first-order valence-electron chi connectivity index (χ1n) is 12.3. The molecular weight excluding hydrogens is 537 g/mol. The Bertz CT molecular complexity index is 1220. The smallest absolute Gasteiger partial charge is 0.416 e. The summed E-state index contributed by atoms with van der Waals surface area (Å²) in [5.41, 5.74) is 0.724. The summed E-state index contributed by atoms with van der Waals surface area (Å²) in [5.74, 6) is -0.870. The van der Waals surface area contributed by atoms with Crippen molar-refractivity contribution in [3.8, 4) is 0 Å². The molecule has 0 aliphatic carbocycles. The molecule has 4 rings (SSSR count). The van der Waals surface area contributed by atoms with Crippen LogP contribution in [0.2, 0.25) is 0 Å². The van der Waals surface area contributed by atoms with Crippen LogP contribution >= 0.6 is 11.8 Å². The van der Waals surface area contributed by atoms with Gasteiger partial charge in [0.1, 0.15) is 6.61 Å². The lowest BCUT2D eigenvalue weighted by Crippen LogP contribution is -2.50. The molecule has 0 radical (unpaired) electrons. The van der Waals surface area contributed by atoms with E-state index in [0.717, 1.165) is 12.1 Å². The number of alkyl halides is 3. The fourth-order valence-electron chi connectivity index (χ4n) is 4.63. The molecule has 9 nitrogen and oxygen atoms in total. The quantitative estimate of drug-likeness (QED) is 0.368. The van der Waals surface area contributed by atoms with Crippen LogP contribution in [-0.4, -0.2) is 84.2 Å². The van der Waals surface area contributed by atoms with E-state index >= 15 is 0 Å². The number of allylic oxidation sites excluding steroid dienone is 1. The van der Waals surface area contributed by atoms with Gasteiger partial charge in [-0.3, -0.25) is 9.59 Å². The van der Waals surface area contributed by atoms with Gasteiger partial charge in [0.05, 0.1) is 35.9 Å². The first kappa shape index (κ1) is 28.7. The molecule has 0 aromatic heterocycles. The summed E-state index contributed by atoms with van der Waals surface area (Å²) in [5, 5.41) is 2.28. The number of nitrogens with zero attached hydrogens (tertiary/aromatic N) is 4. The maximum absolute atomic E-state index is 13.3. The highest BCUT2D eigenvalue weighted by atomic mass is 32.2. The number of amidine groups is 1. The van der Waals surface area contributed by atoms with Gasteiger partial charge in [0.25, 0.3) is 0 Å². The molecule has 0 N–H and O–H groups in total. The molecule has 1 fully saturated rings. The SMILES string of the molecule is COCCOC(=O)C1=C(C)N=C2SC=C(CC(=O)N3CCN(C(C)=O)CC3)N2C1c1ccc(C(F)(F)F)cc1. The number of hydrogen-bond acceptors (Lipinski definition) is 8. The fraction of sp³-hybridized carbons (Fsp3) is 0.462. The Kier molecular flexibility index (Phi) is 8.70. The van der Waals surface area contributed by atoms with Gasteiger partial charge >= 0.3 is 12.1 Å². The van der Waals surface area contributed by atoms with Crippen LogP contribution in [0.25, 0.3) is 0 Å². The van der Waals surface area contributed by atoms with Crippen molar-refractivity contribution in [1.29, 1.82) is 0 Å². The standard InChI is InChI=1S/C26H29F3N4O5S/c1-16-22(24(36)38-13-12-37-3)23(18-4-6-19(7-5-18)26(27,28)29)33-20(15-39-25(33)30-16)14-21(35)32-10-8-31(9-11-32)17(2)34/h4-7,15,23H,8-14H2,1-3H3. The van der Waals surface area contributed by atoms with Crippen molar-refractivity contribution in [3.05, 3.63) is 57.8 Å². The van der Waals surface area contributed by atoms with E-state index in [0.29, 0.717) is 48.3 Å². The molecule has 1 saturated heterocycles. The van der Waals surface area contributed by atoms with E-state index in [4.69, 9.17) is 9.47 Å². The monoisotopic (exact) mass is 566 g/mol. The van der Waals surface area contributed by atoms with Gasteiger partial charge in [0.2, 0.25) is 11.8 Å². The molecule has 1 unspecified atom stereocenters. The van der Waals surface area contributed by atoms with Gasteiger partial charge in [-0.05, 0) is 30.0 Å². The van der Waals surface area contributed by atoms with Crippen LogP contribution < -0.4 is 0 Å². The van der Waals surface area contributed by atoms with E-state index in [1.165, 1.54) is 37.9 Å². The highest BCUT2D eigenvalue weighted by molar-refractivity contribution is 8.16. The molecular formula is C26H29F3N4O5S. The second-order valence-electron chi connectivity index (χ2n) is 9.21. The zero-order chi connectivity index (χ0) is 28.3. The summed E-state index contributed by atoms with van der Waals surface area (Å²) < 4.78 is 50.1. The van der Waals surface area contributed by atoms with Gasteiger partial charge in [0, 0.05) is 45.9 Å². The lowest BCUT2D eigenvalue weighted by Gasteiger charge is -2.38. The minimum atomic E-state index is -4.52. The van der Waals surface area contributed by atoms with Crippen molar-refractivity contribution < 1.29 is 37.0 Å². The number of thioether (sulfide) groups is 1. The largest absolute Gasteiger partial charge is 0.460 e. The van der Waals surface area contributed by atoms with Crippen molar-refractivity contribution in [2.75, 3.05) is 46.5 Å². The molecule has 1 atom stereocenters. The number of ether oxygens (including phenoxy) is 2. The number of hydrogen-bond donors (Lipinski definition) is 0. The number of aliphatic imine (C=N–C) groups is 1. The van der Waals surface area contributed by atoms with Crippen molar-refractivity contribution in [2.24, 2.45) is 4.99 Å². The second-order valence-corrected chi connectivity index (χ2v) is 10.0. The maximum atomic E-state index is 13.3. The maximum Gasteiger partial charge on any atom is 0.416 e. The minimum absolute atomic E-state index is 0.00568. The number of piperazine rings is 1. The van der Waals surface area contributed by atoms with Crippen molar-refractivity contribution in [2.45, 2.75) is 32.5 Å². The van der Waals surface area contributed by atoms with Gasteiger partial charge in [-0.2, -0.15) is 13.2 Å². The molecule has 0 spiro atoms. The van der Waals surface area contributed by atoms with Crippen LogP contribution in [0.5, 0.6) is 0 Å². The topological polar surface area (TPSA) is 91.7 Å². The molecule has 39 heavy (non-hydrogen) atoms. The first-order valence-corrected chi connectivity index (χ1v) is 13.2. The van der Waals surface area contributed by atoms with Gasteiger partial charge in [-0.25, -0.2) is 9.79 Å². The normalized spacial score (nSPS) is 19.5. The molecule has 3 heterocycles. The average Bonchev–Trinajstić information content (AvgIpc) is 3.29. The summed E-state index contributed by atoms with van der Waals surface area (Å²) in [7, 11) is 1.47. The van der Waals surface area contributed by atoms with Crippen molar-refractivity contribution >= 4 is 34.7 Å². The van der Waals surface area contributed by atoms with Crippen LogP contribution in [0, 0.1) is 0 Å². The van der Waals surface area contributed by atoms with E-state index < -0.39 is 23.8 Å². The molecule has 0 saturated carbocycles. The average molecular weight is 567 g/mol. The Labute approximate surface area is 228 Å². The third-order valence-corrected chi connectivity index (χ3v) is 7.59. The predicted molar refractivity (Wildman–Crippen MR) is 138 cm³/mol. The fourth-order valence-corrected chi connectivity index (χ4v) is 5.60. The molecule has 3 aliphatic heterocycles. The van der Waals surface area contributed by atoms with Crippen molar-refractivity contribution in [1.82, 2.24) is 14.7 Å².